The number of hydrogen-bond donors (Lipinski definition) is 1. The van der Waals surface area contributed by atoms with Crippen LogP contribution in [0.3, 0.4) is 0 Å². The molecule has 11 heavy (non-hydrogen) atoms. The van der Waals surface area contributed by atoms with Gasteiger partial charge in [-0.3, -0.25) is 0 Å². The summed E-state index contributed by atoms with van der Waals surface area (Å²) < 4.78 is 0. The molecule has 0 spiro atoms. The van der Waals surface area contributed by atoms with Crippen molar-refractivity contribution in [2.24, 2.45) is 21.9 Å². The lowest BCUT2D eigenvalue weighted by atomic mass is 9.47. The second kappa shape index (κ2) is 1.99. The van der Waals surface area contributed by atoms with Gasteiger partial charge in [-0.25, -0.2) is 0 Å². The van der Waals surface area contributed by atoms with Crippen molar-refractivity contribution in [3.8, 4) is 0 Å². The Labute approximate surface area is 68.3 Å². The molecule has 0 aromatic carbocycles. The average Bonchev–Trinajstić information content (AvgIpc) is 1.86. The molecule has 0 atom stereocenters. The van der Waals surface area contributed by atoms with Crippen molar-refractivity contribution in [1.82, 2.24) is 0 Å². The van der Waals surface area contributed by atoms with E-state index in [1.807, 2.05) is 0 Å². The molecule has 64 valence electrons. The number of rotatable bonds is 0. The van der Waals surface area contributed by atoms with E-state index < -0.39 is 0 Å². The molecule has 1 aliphatic carbocycles. The molecule has 1 saturated carbocycles. The predicted molar refractivity (Wildman–Crippen MR) is 45.9 cm³/mol. The van der Waals surface area contributed by atoms with Crippen molar-refractivity contribution in [1.29, 1.82) is 0 Å². The highest BCUT2D eigenvalue weighted by Gasteiger charge is 2.57. The number of oxime groups is 1. The van der Waals surface area contributed by atoms with Gasteiger partial charge in [-0.05, 0) is 5.92 Å². The Kier molecular flexibility index (Phi) is 1.55. The van der Waals surface area contributed by atoms with Crippen molar-refractivity contribution in [3.63, 3.8) is 0 Å². The second-order valence-electron chi connectivity index (χ2n) is 4.61. The van der Waals surface area contributed by atoms with E-state index in [0.717, 1.165) is 5.71 Å². The van der Waals surface area contributed by atoms with Gasteiger partial charge in [0.1, 0.15) is 0 Å². The smallest absolute Gasteiger partial charge is 0.0688 e. The molecule has 0 aliphatic heterocycles. The average molecular weight is 155 g/mol. The lowest BCUT2D eigenvalue weighted by molar-refractivity contribution is 0.102. The monoisotopic (exact) mass is 155 g/mol. The number of hydrogen-bond acceptors (Lipinski definition) is 2. The molecule has 1 aliphatic rings. The van der Waals surface area contributed by atoms with E-state index in [4.69, 9.17) is 5.21 Å². The van der Waals surface area contributed by atoms with Crippen LogP contribution in [-0.4, -0.2) is 10.9 Å². The highest BCUT2D eigenvalue weighted by atomic mass is 16.4. The minimum absolute atomic E-state index is 0.0816. The van der Waals surface area contributed by atoms with Crippen molar-refractivity contribution in [2.45, 2.75) is 34.6 Å². The number of nitrogens with zero attached hydrogens (tertiary/aromatic N) is 1. The zero-order chi connectivity index (χ0) is 8.86. The van der Waals surface area contributed by atoms with Crippen LogP contribution in [0.25, 0.3) is 0 Å². The summed E-state index contributed by atoms with van der Waals surface area (Å²) in [7, 11) is 0. The SMILES string of the molecule is CC1C(C)(C)C(=NO)C1(C)C. The van der Waals surface area contributed by atoms with Crippen LogP contribution in [0.2, 0.25) is 0 Å². The summed E-state index contributed by atoms with van der Waals surface area (Å²) in [6.45, 7) is 10.7. The Morgan fingerprint density at radius 2 is 1.55 bits per heavy atom. The van der Waals surface area contributed by atoms with Gasteiger partial charge in [-0.1, -0.05) is 39.8 Å². The van der Waals surface area contributed by atoms with Crippen LogP contribution in [0.15, 0.2) is 5.16 Å². The van der Waals surface area contributed by atoms with Crippen LogP contribution in [0.4, 0.5) is 0 Å². The summed E-state index contributed by atoms with van der Waals surface area (Å²) in [5.41, 5.74) is 1.09. The normalized spacial score (nSPS) is 32.8. The van der Waals surface area contributed by atoms with Crippen LogP contribution in [0, 0.1) is 16.7 Å². The first kappa shape index (κ1) is 8.57. The van der Waals surface area contributed by atoms with Crippen LogP contribution in [0.1, 0.15) is 34.6 Å². The Bertz CT molecular complexity index is 186. The highest BCUT2D eigenvalue weighted by Crippen LogP contribution is 2.55. The maximum atomic E-state index is 8.76. The zero-order valence-corrected chi connectivity index (χ0v) is 7.97. The van der Waals surface area contributed by atoms with Crippen LogP contribution in [0.5, 0.6) is 0 Å². The summed E-state index contributed by atoms with van der Waals surface area (Å²) >= 11 is 0. The van der Waals surface area contributed by atoms with E-state index >= 15 is 0 Å². The summed E-state index contributed by atoms with van der Waals surface area (Å²) in [6, 6.07) is 0. The molecule has 0 aromatic heterocycles. The quantitative estimate of drug-likeness (QED) is 0.423. The third kappa shape index (κ3) is 0.815. The van der Waals surface area contributed by atoms with Crippen molar-refractivity contribution < 1.29 is 5.21 Å². The maximum Gasteiger partial charge on any atom is 0.0688 e. The highest BCUT2D eigenvalue weighted by molar-refractivity contribution is 6.00. The summed E-state index contributed by atoms with van der Waals surface area (Å²) in [6.07, 6.45) is 0. The molecule has 0 aromatic rings. The maximum absolute atomic E-state index is 8.76. The Balaban J connectivity index is 2.98. The van der Waals surface area contributed by atoms with Crippen molar-refractivity contribution >= 4 is 5.71 Å². The van der Waals surface area contributed by atoms with Gasteiger partial charge in [0.15, 0.2) is 0 Å². The zero-order valence-electron chi connectivity index (χ0n) is 7.97. The van der Waals surface area contributed by atoms with E-state index in [1.165, 1.54) is 0 Å². The Morgan fingerprint density at radius 1 is 1.18 bits per heavy atom. The third-order valence-electron chi connectivity index (χ3n) is 3.49. The van der Waals surface area contributed by atoms with Gasteiger partial charge in [0.2, 0.25) is 0 Å². The van der Waals surface area contributed by atoms with E-state index in [-0.39, 0.29) is 10.8 Å². The summed E-state index contributed by atoms with van der Waals surface area (Å²) in [4.78, 5) is 0. The van der Waals surface area contributed by atoms with E-state index in [2.05, 4.69) is 39.8 Å². The van der Waals surface area contributed by atoms with Gasteiger partial charge in [0.25, 0.3) is 0 Å². The molecule has 0 radical (unpaired) electrons. The fourth-order valence-corrected chi connectivity index (χ4v) is 2.32. The minimum atomic E-state index is 0.0816. The molecule has 1 rings (SSSR count). The first-order chi connectivity index (χ1) is 4.85. The molecular weight excluding hydrogens is 138 g/mol. The van der Waals surface area contributed by atoms with E-state index in [1.54, 1.807) is 0 Å². The van der Waals surface area contributed by atoms with Gasteiger partial charge in [-0.15, -0.1) is 0 Å². The lowest BCUT2D eigenvalue weighted by Crippen LogP contribution is -2.59. The molecule has 0 bridgehead atoms. The van der Waals surface area contributed by atoms with E-state index in [0.29, 0.717) is 5.92 Å². The molecule has 1 N–H and O–H groups in total. The van der Waals surface area contributed by atoms with E-state index in [9.17, 15) is 0 Å². The summed E-state index contributed by atoms with van der Waals surface area (Å²) in [5.74, 6) is 0.584. The van der Waals surface area contributed by atoms with Crippen LogP contribution < -0.4 is 0 Å². The Hall–Kier alpha value is -0.530. The first-order valence-corrected chi connectivity index (χ1v) is 4.08. The molecule has 0 heterocycles. The van der Waals surface area contributed by atoms with Gasteiger partial charge in [-0.2, -0.15) is 0 Å². The molecule has 2 nitrogen and oxygen atoms in total. The van der Waals surface area contributed by atoms with Gasteiger partial charge < -0.3 is 5.21 Å². The van der Waals surface area contributed by atoms with Crippen molar-refractivity contribution in [2.75, 3.05) is 0 Å². The van der Waals surface area contributed by atoms with Gasteiger partial charge in [0.05, 0.1) is 5.71 Å². The molecular formula is C9H17NO. The van der Waals surface area contributed by atoms with Crippen LogP contribution in [-0.2, 0) is 0 Å². The molecule has 1 fully saturated rings. The largest absolute Gasteiger partial charge is 0.411 e. The molecule has 0 saturated heterocycles. The minimum Gasteiger partial charge on any atom is -0.411 e. The fraction of sp³-hybridized carbons (Fsp3) is 0.889. The van der Waals surface area contributed by atoms with Gasteiger partial charge in [0, 0.05) is 10.8 Å². The first-order valence-electron chi connectivity index (χ1n) is 4.08. The van der Waals surface area contributed by atoms with Crippen LogP contribution >= 0.6 is 0 Å². The molecule has 0 amide bonds. The topological polar surface area (TPSA) is 32.6 Å². The van der Waals surface area contributed by atoms with Crippen molar-refractivity contribution in [3.05, 3.63) is 0 Å². The molecule has 2 heteroatoms. The fourth-order valence-electron chi connectivity index (χ4n) is 2.32. The standard InChI is InChI=1S/C9H17NO/c1-6-8(2,3)7(10-11)9(6,4)5/h6,11H,1-5H3. The predicted octanol–water partition coefficient (Wildman–Crippen LogP) is 2.52. The third-order valence-corrected chi connectivity index (χ3v) is 3.49. The molecule has 0 unspecified atom stereocenters. The second-order valence-corrected chi connectivity index (χ2v) is 4.61. The summed E-state index contributed by atoms with van der Waals surface area (Å²) in [5, 5.41) is 12.1. The Morgan fingerprint density at radius 3 is 1.73 bits per heavy atom. The van der Waals surface area contributed by atoms with Gasteiger partial charge >= 0.3 is 0 Å². The lowest BCUT2D eigenvalue weighted by Gasteiger charge is -2.56.